The van der Waals surface area contributed by atoms with Crippen LogP contribution in [0.1, 0.15) is 45.6 Å². The fourth-order valence-corrected chi connectivity index (χ4v) is 5.47. The van der Waals surface area contributed by atoms with Crippen molar-refractivity contribution in [2.75, 3.05) is 25.2 Å². The summed E-state index contributed by atoms with van der Waals surface area (Å²) in [4.78, 5) is 13.9. The van der Waals surface area contributed by atoms with Crippen LogP contribution in [0.3, 0.4) is 0 Å². The first-order valence-electron chi connectivity index (χ1n) is 13.8. The molecule has 1 aliphatic heterocycles. The molecule has 1 saturated heterocycles. The Morgan fingerprint density at radius 2 is 1.78 bits per heavy atom. The fraction of sp³-hybridized carbons (Fsp3) is 0.516. The van der Waals surface area contributed by atoms with Crippen molar-refractivity contribution < 1.29 is 36.6 Å². The Bertz CT molecular complexity index is 1170. The molecule has 10 heteroatoms. The number of methoxy groups -OCH3 is 1. The van der Waals surface area contributed by atoms with Gasteiger partial charge in [0.1, 0.15) is 11.5 Å². The number of ether oxygens (including phenoxy) is 3. The molecule has 226 valence electrons. The Labute approximate surface area is 242 Å². The Kier molecular flexibility index (Phi) is 10.4. The maximum Gasteiger partial charge on any atom is 0.471 e. The summed E-state index contributed by atoms with van der Waals surface area (Å²) in [6.45, 7) is 14.8. The number of hydrogen-bond acceptors (Lipinski definition) is 5. The van der Waals surface area contributed by atoms with E-state index in [0.29, 0.717) is 30.1 Å². The molecule has 2 atom stereocenters. The van der Waals surface area contributed by atoms with Crippen molar-refractivity contribution in [3.8, 4) is 11.5 Å². The quantitative estimate of drug-likeness (QED) is 0.198. The highest BCUT2D eigenvalue weighted by Crippen LogP contribution is 2.39. The van der Waals surface area contributed by atoms with Gasteiger partial charge in [0.15, 0.2) is 6.29 Å². The summed E-state index contributed by atoms with van der Waals surface area (Å²) in [6.07, 6.45) is -2.01. The van der Waals surface area contributed by atoms with E-state index in [1.165, 1.54) is 37.5 Å². The molecule has 6 nitrogen and oxygen atoms in total. The number of rotatable bonds is 11. The van der Waals surface area contributed by atoms with Crippen LogP contribution >= 0.6 is 0 Å². The molecule has 0 N–H and O–H groups in total. The van der Waals surface area contributed by atoms with Gasteiger partial charge in [0, 0.05) is 18.7 Å². The lowest BCUT2D eigenvalue weighted by Gasteiger charge is -2.43. The molecule has 0 spiro atoms. The van der Waals surface area contributed by atoms with Crippen molar-refractivity contribution in [1.82, 2.24) is 0 Å². The van der Waals surface area contributed by atoms with Crippen LogP contribution in [0.2, 0.25) is 18.1 Å². The smallest absolute Gasteiger partial charge is 0.471 e. The van der Waals surface area contributed by atoms with Gasteiger partial charge < -0.3 is 18.6 Å². The maximum atomic E-state index is 14.2. The van der Waals surface area contributed by atoms with E-state index in [1.54, 1.807) is 12.1 Å². The van der Waals surface area contributed by atoms with E-state index < -0.39 is 32.2 Å². The third-order valence-corrected chi connectivity index (χ3v) is 12.2. The topological polar surface area (TPSA) is 57.2 Å². The fourth-order valence-electron chi connectivity index (χ4n) is 4.45. The van der Waals surface area contributed by atoms with Gasteiger partial charge in [-0.2, -0.15) is 13.2 Å². The molecule has 2 aromatic rings. The maximum absolute atomic E-state index is 14.2. The van der Waals surface area contributed by atoms with Gasteiger partial charge in [0.05, 0.1) is 19.3 Å². The number of benzene rings is 2. The van der Waals surface area contributed by atoms with Crippen molar-refractivity contribution in [1.29, 1.82) is 0 Å². The molecular weight excluding hydrogens is 551 g/mol. The molecule has 0 saturated carbocycles. The van der Waals surface area contributed by atoms with E-state index in [9.17, 15) is 18.0 Å². The summed E-state index contributed by atoms with van der Waals surface area (Å²) in [5.74, 6) is -0.953. The minimum atomic E-state index is -5.15. The van der Waals surface area contributed by atoms with Crippen LogP contribution in [0.15, 0.2) is 61.2 Å². The third kappa shape index (κ3) is 8.14. The van der Waals surface area contributed by atoms with Crippen LogP contribution < -0.4 is 14.1 Å². The van der Waals surface area contributed by atoms with E-state index >= 15 is 0 Å². The molecule has 1 aliphatic rings. The van der Waals surface area contributed by atoms with Crippen LogP contribution in [-0.4, -0.2) is 52.6 Å². The molecule has 0 aliphatic carbocycles. The number of carbonyl (C=O) groups is 1. The van der Waals surface area contributed by atoms with Crippen molar-refractivity contribution in [2.45, 2.75) is 82.6 Å². The van der Waals surface area contributed by atoms with Gasteiger partial charge in [0.2, 0.25) is 8.32 Å². The Hall–Kier alpha value is -2.82. The monoisotopic (exact) mass is 593 g/mol. The van der Waals surface area contributed by atoms with E-state index in [2.05, 4.69) is 40.4 Å². The number of alkyl halides is 3. The van der Waals surface area contributed by atoms with Crippen molar-refractivity contribution >= 4 is 19.9 Å². The summed E-state index contributed by atoms with van der Waals surface area (Å²) in [5.41, 5.74) is -0.907. The van der Waals surface area contributed by atoms with Gasteiger partial charge in [-0.1, -0.05) is 39.0 Å². The van der Waals surface area contributed by atoms with E-state index in [0.717, 1.165) is 17.7 Å². The average molecular weight is 594 g/mol. The first-order chi connectivity index (χ1) is 19.1. The van der Waals surface area contributed by atoms with E-state index in [-0.39, 0.29) is 23.8 Å². The summed E-state index contributed by atoms with van der Waals surface area (Å²) >= 11 is 0. The zero-order valence-corrected chi connectivity index (χ0v) is 25.8. The largest absolute Gasteiger partial charge is 0.543 e. The van der Waals surface area contributed by atoms with Gasteiger partial charge in [0.25, 0.3) is 0 Å². The number of nitrogens with zero attached hydrogens (tertiary/aromatic N) is 1. The minimum absolute atomic E-state index is 0.00816. The van der Waals surface area contributed by atoms with Crippen LogP contribution in [0.5, 0.6) is 11.5 Å². The second kappa shape index (κ2) is 13.0. The standard InChI is InChI=1S/C31H42F3NO5Si/c1-8-30(22-39-27-14-9-10-19-38-27,21-23-12-11-13-26(20-23)40-41(6,7)29(2,3)4)35(28(36)31(32,33)34)24-15-17-25(37-5)18-16-24/h8,11-13,15-18,20,27H,1,9-10,14,19,21-22H2,2-7H3/t27?,30-/m0/s1. The lowest BCUT2D eigenvalue weighted by molar-refractivity contribution is -0.178. The molecule has 0 bridgehead atoms. The number of amides is 1. The molecule has 1 heterocycles. The first kappa shape index (κ1) is 32.7. The summed E-state index contributed by atoms with van der Waals surface area (Å²) in [7, 11) is -0.729. The third-order valence-electron chi connectivity index (χ3n) is 7.85. The second-order valence-electron chi connectivity index (χ2n) is 11.9. The van der Waals surface area contributed by atoms with Gasteiger partial charge in [-0.05, 0) is 79.4 Å². The van der Waals surface area contributed by atoms with Crippen LogP contribution in [-0.2, 0) is 20.7 Å². The Balaban J connectivity index is 2.10. The summed E-state index contributed by atoms with van der Waals surface area (Å²) in [5, 5.41) is -0.0496. The van der Waals surface area contributed by atoms with Crippen molar-refractivity contribution in [2.24, 2.45) is 0 Å². The highest BCUT2D eigenvalue weighted by molar-refractivity contribution is 6.74. The molecule has 0 radical (unpaired) electrons. The zero-order valence-electron chi connectivity index (χ0n) is 24.8. The van der Waals surface area contributed by atoms with Gasteiger partial charge in [-0.25, -0.2) is 0 Å². The summed E-state index contributed by atoms with van der Waals surface area (Å²) < 4.78 is 65.9. The number of halogens is 3. The Morgan fingerprint density at radius 1 is 1.10 bits per heavy atom. The van der Waals surface area contributed by atoms with E-state index in [4.69, 9.17) is 18.6 Å². The summed E-state index contributed by atoms with van der Waals surface area (Å²) in [6, 6.07) is 13.1. The van der Waals surface area contributed by atoms with Crippen molar-refractivity contribution in [3.63, 3.8) is 0 Å². The highest BCUT2D eigenvalue weighted by Gasteiger charge is 2.50. The normalized spacial score (nSPS) is 17.8. The lowest BCUT2D eigenvalue weighted by Crippen LogP contribution is -2.59. The number of anilines is 1. The van der Waals surface area contributed by atoms with Crippen LogP contribution in [0.25, 0.3) is 0 Å². The van der Waals surface area contributed by atoms with Crippen LogP contribution in [0, 0.1) is 0 Å². The molecule has 0 aromatic heterocycles. The van der Waals surface area contributed by atoms with Gasteiger partial charge in [-0.15, -0.1) is 6.58 Å². The molecule has 2 aromatic carbocycles. The highest BCUT2D eigenvalue weighted by atomic mass is 28.4. The second-order valence-corrected chi connectivity index (χ2v) is 16.7. The minimum Gasteiger partial charge on any atom is -0.543 e. The number of hydrogen-bond donors (Lipinski definition) is 0. The molecular formula is C31H42F3NO5Si. The van der Waals surface area contributed by atoms with Gasteiger partial charge in [-0.3, -0.25) is 9.69 Å². The molecule has 1 amide bonds. The Morgan fingerprint density at radius 3 is 2.32 bits per heavy atom. The predicted molar refractivity (Wildman–Crippen MR) is 157 cm³/mol. The first-order valence-corrected chi connectivity index (χ1v) is 16.7. The lowest BCUT2D eigenvalue weighted by atomic mass is 9.88. The van der Waals surface area contributed by atoms with E-state index in [1.807, 2.05) is 12.1 Å². The van der Waals surface area contributed by atoms with Gasteiger partial charge >= 0.3 is 12.1 Å². The zero-order chi connectivity index (χ0) is 30.5. The molecule has 1 fully saturated rings. The SMILES string of the molecule is C=C[C@@](COC1CCCCO1)(Cc1cccc(O[Si](C)(C)C(C)(C)C)c1)N(C(=O)C(F)(F)F)c1ccc(OC)cc1. The molecule has 41 heavy (non-hydrogen) atoms. The molecule has 3 rings (SSSR count). The average Bonchev–Trinajstić information content (AvgIpc) is 2.91. The van der Waals surface area contributed by atoms with Crippen molar-refractivity contribution in [3.05, 3.63) is 66.7 Å². The molecule has 1 unspecified atom stereocenters. The number of carbonyl (C=O) groups excluding carboxylic acids is 1. The van der Waals surface area contributed by atoms with Crippen LogP contribution in [0.4, 0.5) is 18.9 Å². The predicted octanol–water partition coefficient (Wildman–Crippen LogP) is 7.69.